The first-order chi connectivity index (χ1) is 7.04. The molecular formula is C11H21NO3. The summed E-state index contributed by atoms with van der Waals surface area (Å²) in [5.41, 5.74) is 0. The molecule has 2 unspecified atom stereocenters. The maximum Gasteiger partial charge on any atom is 0.305 e. The minimum absolute atomic E-state index is 0.0199. The molecule has 0 aliphatic carbocycles. The molecule has 0 saturated carbocycles. The van der Waals surface area contributed by atoms with Gasteiger partial charge in [-0.15, -0.1) is 0 Å². The largest absolute Gasteiger partial charge is 0.460 e. The summed E-state index contributed by atoms with van der Waals surface area (Å²) >= 11 is 0. The molecule has 88 valence electrons. The average Bonchev–Trinajstić information content (AvgIpc) is 2.24. The van der Waals surface area contributed by atoms with Crippen LogP contribution in [-0.2, 0) is 14.3 Å². The Balaban J connectivity index is 4.15. The minimum atomic E-state index is -0.229. The maximum atomic E-state index is 11.1. The van der Waals surface area contributed by atoms with E-state index in [-0.39, 0.29) is 24.0 Å². The highest BCUT2D eigenvalue weighted by Gasteiger charge is 2.20. The lowest BCUT2D eigenvalue weighted by Crippen LogP contribution is -2.42. The van der Waals surface area contributed by atoms with E-state index in [0.717, 1.165) is 0 Å². The summed E-state index contributed by atoms with van der Waals surface area (Å²) in [4.78, 5) is 22.3. The third-order valence-electron chi connectivity index (χ3n) is 2.24. The fourth-order valence-corrected chi connectivity index (χ4v) is 1.24. The van der Waals surface area contributed by atoms with Crippen molar-refractivity contribution in [2.24, 2.45) is 0 Å². The number of hydrogen-bond donors (Lipinski definition) is 1. The van der Waals surface area contributed by atoms with Crippen LogP contribution in [0.5, 0.6) is 0 Å². The molecule has 0 fully saturated rings. The smallest absolute Gasteiger partial charge is 0.305 e. The molecule has 0 spiro atoms. The topological polar surface area (TPSA) is 55.4 Å². The zero-order valence-corrected chi connectivity index (χ0v) is 10.0. The molecule has 15 heavy (non-hydrogen) atoms. The van der Waals surface area contributed by atoms with Crippen molar-refractivity contribution in [2.45, 2.75) is 59.1 Å². The highest BCUT2D eigenvalue weighted by Crippen LogP contribution is 2.06. The van der Waals surface area contributed by atoms with E-state index in [9.17, 15) is 9.59 Å². The summed E-state index contributed by atoms with van der Waals surface area (Å²) in [6, 6.07) is -0.127. The second-order valence-corrected chi connectivity index (χ2v) is 3.50. The zero-order valence-electron chi connectivity index (χ0n) is 10.0. The van der Waals surface area contributed by atoms with Crippen molar-refractivity contribution in [3.8, 4) is 0 Å². The van der Waals surface area contributed by atoms with Crippen molar-refractivity contribution in [2.75, 3.05) is 0 Å². The van der Waals surface area contributed by atoms with Crippen LogP contribution < -0.4 is 5.32 Å². The summed E-state index contributed by atoms with van der Waals surface area (Å²) in [5.74, 6) is -0.243. The summed E-state index contributed by atoms with van der Waals surface area (Å²) in [5, 5.41) is 2.79. The molecule has 0 saturated heterocycles. The van der Waals surface area contributed by atoms with Crippen LogP contribution in [0, 0.1) is 0 Å². The van der Waals surface area contributed by atoms with Crippen LogP contribution in [0.3, 0.4) is 0 Å². The van der Waals surface area contributed by atoms with Crippen molar-refractivity contribution >= 4 is 11.9 Å². The van der Waals surface area contributed by atoms with E-state index < -0.39 is 0 Å². The molecule has 0 heterocycles. The van der Waals surface area contributed by atoms with Gasteiger partial charge in [0, 0.05) is 12.8 Å². The Hall–Kier alpha value is -1.06. The van der Waals surface area contributed by atoms with E-state index in [0.29, 0.717) is 19.3 Å². The van der Waals surface area contributed by atoms with Gasteiger partial charge in [0.15, 0.2) is 0 Å². The quantitative estimate of drug-likeness (QED) is 0.685. The third kappa shape index (κ3) is 5.40. The lowest BCUT2D eigenvalue weighted by Gasteiger charge is -2.23. The van der Waals surface area contributed by atoms with Crippen molar-refractivity contribution in [1.29, 1.82) is 0 Å². The lowest BCUT2D eigenvalue weighted by molar-refractivity contribution is -0.151. The first kappa shape index (κ1) is 13.9. The number of rotatable bonds is 6. The Morgan fingerprint density at radius 2 is 1.80 bits per heavy atom. The highest BCUT2D eigenvalue weighted by atomic mass is 16.5. The number of carbonyl (C=O) groups is 2. The number of esters is 1. The Kier molecular flexibility index (Phi) is 6.75. The first-order valence-electron chi connectivity index (χ1n) is 5.53. The molecule has 0 aromatic heterocycles. The number of carbonyl (C=O) groups excluding carboxylic acids is 2. The summed E-state index contributed by atoms with van der Waals surface area (Å²) in [6.45, 7) is 7.33. The maximum absolute atomic E-state index is 11.1. The number of amides is 1. The molecule has 0 aliphatic rings. The fraction of sp³-hybridized carbons (Fsp3) is 0.818. The minimum Gasteiger partial charge on any atom is -0.460 e. The Morgan fingerprint density at radius 1 is 1.20 bits per heavy atom. The van der Waals surface area contributed by atoms with Gasteiger partial charge >= 0.3 is 5.97 Å². The standard InChI is InChI=1S/C11H21NO3/c1-5-9(15-11(14)7-3)8(4)12-10(13)6-2/h8-9H,5-7H2,1-4H3,(H,12,13). The van der Waals surface area contributed by atoms with Gasteiger partial charge in [0.05, 0.1) is 6.04 Å². The Bertz CT molecular complexity index is 216. The second kappa shape index (κ2) is 7.26. The van der Waals surface area contributed by atoms with E-state index in [1.807, 2.05) is 13.8 Å². The van der Waals surface area contributed by atoms with Gasteiger partial charge < -0.3 is 10.1 Å². The third-order valence-corrected chi connectivity index (χ3v) is 2.24. The Morgan fingerprint density at radius 3 is 2.20 bits per heavy atom. The summed E-state index contributed by atoms with van der Waals surface area (Å²) < 4.78 is 5.20. The molecule has 0 rings (SSSR count). The van der Waals surface area contributed by atoms with Crippen LogP contribution in [-0.4, -0.2) is 24.0 Å². The van der Waals surface area contributed by atoms with Crippen molar-refractivity contribution in [3.63, 3.8) is 0 Å². The van der Waals surface area contributed by atoms with Gasteiger partial charge in [0.1, 0.15) is 6.10 Å². The van der Waals surface area contributed by atoms with Crippen LogP contribution in [0.25, 0.3) is 0 Å². The lowest BCUT2D eigenvalue weighted by atomic mass is 10.1. The molecule has 0 aromatic rings. The molecular weight excluding hydrogens is 194 g/mol. The van der Waals surface area contributed by atoms with Crippen molar-refractivity contribution in [1.82, 2.24) is 5.32 Å². The number of hydrogen-bond acceptors (Lipinski definition) is 3. The van der Waals surface area contributed by atoms with E-state index in [1.165, 1.54) is 0 Å². The molecule has 4 heteroatoms. The average molecular weight is 215 g/mol. The molecule has 2 atom stereocenters. The van der Waals surface area contributed by atoms with Crippen molar-refractivity contribution < 1.29 is 14.3 Å². The molecule has 1 amide bonds. The first-order valence-corrected chi connectivity index (χ1v) is 5.53. The number of ether oxygens (including phenoxy) is 1. The predicted octanol–water partition coefficient (Wildman–Crippen LogP) is 1.63. The molecule has 0 aromatic carbocycles. The van der Waals surface area contributed by atoms with E-state index >= 15 is 0 Å². The van der Waals surface area contributed by atoms with Crippen molar-refractivity contribution in [3.05, 3.63) is 0 Å². The van der Waals surface area contributed by atoms with Gasteiger partial charge in [-0.05, 0) is 13.3 Å². The molecule has 0 bridgehead atoms. The van der Waals surface area contributed by atoms with E-state index in [4.69, 9.17) is 4.74 Å². The normalized spacial score (nSPS) is 14.1. The van der Waals surface area contributed by atoms with Crippen LogP contribution in [0.1, 0.15) is 47.0 Å². The van der Waals surface area contributed by atoms with Gasteiger partial charge in [-0.3, -0.25) is 9.59 Å². The van der Waals surface area contributed by atoms with Gasteiger partial charge in [-0.1, -0.05) is 20.8 Å². The van der Waals surface area contributed by atoms with Gasteiger partial charge in [0.2, 0.25) is 5.91 Å². The van der Waals surface area contributed by atoms with E-state index in [1.54, 1.807) is 13.8 Å². The molecule has 1 N–H and O–H groups in total. The van der Waals surface area contributed by atoms with Gasteiger partial charge in [-0.25, -0.2) is 0 Å². The predicted molar refractivity (Wildman–Crippen MR) is 58.4 cm³/mol. The zero-order chi connectivity index (χ0) is 11.8. The summed E-state index contributed by atoms with van der Waals surface area (Å²) in [6.07, 6.45) is 1.29. The molecule has 4 nitrogen and oxygen atoms in total. The fourth-order valence-electron chi connectivity index (χ4n) is 1.24. The highest BCUT2D eigenvalue weighted by molar-refractivity contribution is 5.76. The van der Waals surface area contributed by atoms with Crippen LogP contribution in [0.15, 0.2) is 0 Å². The number of nitrogens with one attached hydrogen (secondary N) is 1. The Labute approximate surface area is 91.4 Å². The monoisotopic (exact) mass is 215 g/mol. The molecule has 0 radical (unpaired) electrons. The second-order valence-electron chi connectivity index (χ2n) is 3.50. The van der Waals surface area contributed by atoms with Gasteiger partial charge in [0.25, 0.3) is 0 Å². The SMILES string of the molecule is CCC(=O)NC(C)C(CC)OC(=O)CC. The van der Waals surface area contributed by atoms with Crippen LogP contribution in [0.2, 0.25) is 0 Å². The van der Waals surface area contributed by atoms with Gasteiger partial charge in [-0.2, -0.15) is 0 Å². The van der Waals surface area contributed by atoms with Crippen LogP contribution in [0.4, 0.5) is 0 Å². The molecule has 0 aliphatic heterocycles. The summed E-state index contributed by atoms with van der Waals surface area (Å²) in [7, 11) is 0. The van der Waals surface area contributed by atoms with E-state index in [2.05, 4.69) is 5.32 Å². The van der Waals surface area contributed by atoms with Crippen LogP contribution >= 0.6 is 0 Å².